The van der Waals surface area contributed by atoms with Gasteiger partial charge in [0.15, 0.2) is 0 Å². The minimum Gasteiger partial charge on any atom is -0.351 e. The lowest BCUT2D eigenvalue weighted by molar-refractivity contribution is -0.143. The molecule has 244 valence electrons. The highest BCUT2D eigenvalue weighted by atomic mass is 19.4. The van der Waals surface area contributed by atoms with Crippen LogP contribution in [0.2, 0.25) is 0 Å². The zero-order chi connectivity index (χ0) is 33.6. The van der Waals surface area contributed by atoms with Crippen molar-refractivity contribution < 1.29 is 39.9 Å². The van der Waals surface area contributed by atoms with E-state index in [0.717, 1.165) is 29.3 Å². The second kappa shape index (κ2) is 12.4. The number of rotatable bonds is 7. The number of primary amides is 1. The maximum Gasteiger partial charge on any atom is 0.416 e. The summed E-state index contributed by atoms with van der Waals surface area (Å²) in [4.78, 5) is 12.9. The fraction of sp³-hybridized carbons (Fsp3) is 0.312. The van der Waals surface area contributed by atoms with E-state index in [4.69, 9.17) is 10.8 Å². The molecule has 2 amide bonds. The first kappa shape index (κ1) is 32.9. The molecule has 3 N–H and O–H groups in total. The number of nitrogens with zero attached hydrogens (tertiary/aromatic N) is 3. The van der Waals surface area contributed by atoms with Gasteiger partial charge in [0.2, 0.25) is 0 Å². The Bertz CT molecular complexity index is 1770. The van der Waals surface area contributed by atoms with Gasteiger partial charge >= 0.3 is 18.4 Å². The fourth-order valence-corrected chi connectivity index (χ4v) is 5.84. The third-order valence-electron chi connectivity index (χ3n) is 8.00. The van der Waals surface area contributed by atoms with E-state index in [1.807, 2.05) is 37.4 Å². The zero-order valence-corrected chi connectivity index (χ0v) is 24.7. The van der Waals surface area contributed by atoms with E-state index >= 15 is 8.78 Å². The van der Waals surface area contributed by atoms with Crippen molar-refractivity contribution in [1.29, 1.82) is 0 Å². The maximum absolute atomic E-state index is 15.8. The number of benzene rings is 3. The summed E-state index contributed by atoms with van der Waals surface area (Å²) < 4.78 is 114. The third kappa shape index (κ3) is 6.43. The molecule has 4 aromatic rings. The Labute approximate surface area is 258 Å². The smallest absolute Gasteiger partial charge is 0.351 e. The number of carbonyl (C=O) groups excluding carboxylic acids is 1. The normalized spacial score (nSPS) is 14.0. The average molecular weight is 652 g/mol. The minimum atomic E-state index is -5.05. The van der Waals surface area contributed by atoms with Gasteiger partial charge in [-0.25, -0.2) is 18.3 Å². The number of fused-ring (bicyclic) bond motifs is 1. The van der Waals surface area contributed by atoms with E-state index in [1.165, 1.54) is 4.68 Å². The molecule has 1 aromatic heterocycles. The van der Waals surface area contributed by atoms with E-state index in [9.17, 15) is 31.1 Å². The molecule has 0 spiro atoms. The topological polar surface area (TPSA) is 76.2 Å². The van der Waals surface area contributed by atoms with Crippen LogP contribution in [-0.4, -0.2) is 27.3 Å². The van der Waals surface area contributed by atoms with Crippen molar-refractivity contribution in [3.05, 3.63) is 99.2 Å². The molecule has 14 heteroatoms. The first-order valence-electron chi connectivity index (χ1n) is 14.4. The second-order valence-electron chi connectivity index (χ2n) is 10.9. The summed E-state index contributed by atoms with van der Waals surface area (Å²) in [7, 11) is 0. The van der Waals surface area contributed by atoms with Crippen molar-refractivity contribution in [2.45, 2.75) is 58.6 Å². The summed E-state index contributed by atoms with van der Waals surface area (Å²) in [6.07, 6.45) is -8.64. The van der Waals surface area contributed by atoms with E-state index in [1.54, 1.807) is 4.90 Å². The lowest BCUT2D eigenvalue weighted by Gasteiger charge is -2.28. The number of para-hydroxylation sites is 1. The third-order valence-corrected chi connectivity index (χ3v) is 8.00. The molecule has 0 atom stereocenters. The molecule has 0 bridgehead atoms. The molecule has 2 heterocycles. The molecule has 0 saturated heterocycles. The number of nitrogens with two attached hydrogens (primary N) is 1. The Balaban J connectivity index is 1.65. The molecule has 0 radical (unpaired) electrons. The van der Waals surface area contributed by atoms with Gasteiger partial charge in [-0.05, 0) is 47.7 Å². The van der Waals surface area contributed by atoms with Crippen molar-refractivity contribution in [1.82, 2.24) is 14.7 Å². The molecule has 5 rings (SSSR count). The molecular weight excluding hydrogens is 622 g/mol. The molecule has 3 aromatic carbocycles. The van der Waals surface area contributed by atoms with Gasteiger partial charge in [-0.3, -0.25) is 4.90 Å². The number of anilines is 1. The lowest BCUT2D eigenvalue weighted by Crippen LogP contribution is -2.31. The standard InChI is InChI=1S/C32H29F8N5O/c1-3-17-6-5-7-18(4-2)28(17)45-29(21-13-25(34)27(14-24(21)33)42-30(41)46)22-16-44(11-10-26(22)43-45)15-19-8-9-20(31(35,36)37)12-23(19)32(38,39)40/h5-9,12-14H,3-4,10-11,15-16H2,1-2H3,(H3,41,42,46). The van der Waals surface area contributed by atoms with Gasteiger partial charge in [0.1, 0.15) is 11.6 Å². The van der Waals surface area contributed by atoms with E-state index < -0.39 is 46.8 Å². The van der Waals surface area contributed by atoms with Crippen LogP contribution in [0, 0.1) is 11.6 Å². The van der Waals surface area contributed by atoms with Gasteiger partial charge in [-0.1, -0.05) is 38.1 Å². The Hall–Kier alpha value is -4.46. The van der Waals surface area contributed by atoms with Crippen LogP contribution in [0.1, 0.15) is 52.9 Å². The summed E-state index contributed by atoms with van der Waals surface area (Å²) in [5, 5.41) is 6.83. The number of alkyl halides is 6. The van der Waals surface area contributed by atoms with Crippen LogP contribution in [0.15, 0.2) is 48.5 Å². The average Bonchev–Trinajstić information content (AvgIpc) is 3.35. The molecule has 1 aliphatic heterocycles. The van der Waals surface area contributed by atoms with Gasteiger partial charge in [-0.2, -0.15) is 31.4 Å². The predicted molar refractivity (Wildman–Crippen MR) is 155 cm³/mol. The van der Waals surface area contributed by atoms with Crippen LogP contribution < -0.4 is 11.1 Å². The Morgan fingerprint density at radius 1 is 0.913 bits per heavy atom. The van der Waals surface area contributed by atoms with Crippen LogP contribution in [-0.2, 0) is 44.7 Å². The van der Waals surface area contributed by atoms with Crippen LogP contribution in [0.3, 0.4) is 0 Å². The quantitative estimate of drug-likeness (QED) is 0.199. The largest absolute Gasteiger partial charge is 0.416 e. The Morgan fingerprint density at radius 2 is 1.59 bits per heavy atom. The molecule has 46 heavy (non-hydrogen) atoms. The van der Waals surface area contributed by atoms with E-state index in [-0.39, 0.29) is 48.9 Å². The minimum absolute atomic E-state index is 0.0545. The van der Waals surface area contributed by atoms with Gasteiger partial charge in [-0.15, -0.1) is 0 Å². The summed E-state index contributed by atoms with van der Waals surface area (Å²) in [5.41, 5.74) is 4.72. The number of aromatic nitrogens is 2. The Morgan fingerprint density at radius 3 is 2.17 bits per heavy atom. The monoisotopic (exact) mass is 651 g/mol. The van der Waals surface area contributed by atoms with Gasteiger partial charge in [0.25, 0.3) is 0 Å². The summed E-state index contributed by atoms with van der Waals surface area (Å²) >= 11 is 0. The molecule has 0 saturated carbocycles. The van der Waals surface area contributed by atoms with E-state index in [2.05, 4.69) is 0 Å². The van der Waals surface area contributed by atoms with Gasteiger partial charge in [0, 0.05) is 43.2 Å². The van der Waals surface area contributed by atoms with Gasteiger partial charge in [0.05, 0.1) is 33.9 Å². The maximum atomic E-state index is 15.8. The summed E-state index contributed by atoms with van der Waals surface area (Å²) in [6.45, 7) is 3.64. The number of hydrogen-bond acceptors (Lipinski definition) is 3. The van der Waals surface area contributed by atoms with E-state index in [0.29, 0.717) is 35.9 Å². The number of aryl methyl sites for hydroxylation is 2. The zero-order valence-electron chi connectivity index (χ0n) is 24.7. The number of amides is 2. The first-order valence-corrected chi connectivity index (χ1v) is 14.4. The van der Waals surface area contributed by atoms with Crippen molar-refractivity contribution in [2.24, 2.45) is 5.73 Å². The number of halogens is 8. The highest BCUT2D eigenvalue weighted by Crippen LogP contribution is 2.40. The molecule has 0 unspecified atom stereocenters. The number of hydrogen-bond donors (Lipinski definition) is 2. The lowest BCUT2D eigenvalue weighted by atomic mass is 9.97. The van der Waals surface area contributed by atoms with Crippen LogP contribution in [0.4, 0.5) is 45.6 Å². The number of carbonyl (C=O) groups is 1. The summed E-state index contributed by atoms with van der Waals surface area (Å²) in [5.74, 6) is -1.90. The number of urea groups is 1. The van der Waals surface area contributed by atoms with Crippen LogP contribution in [0.5, 0.6) is 0 Å². The summed E-state index contributed by atoms with van der Waals surface area (Å²) in [6, 6.07) is 7.73. The van der Waals surface area contributed by atoms with Crippen molar-refractivity contribution in [2.75, 3.05) is 11.9 Å². The molecule has 0 aliphatic carbocycles. The first-order chi connectivity index (χ1) is 21.6. The van der Waals surface area contributed by atoms with Crippen molar-refractivity contribution >= 4 is 11.7 Å². The fourth-order valence-electron chi connectivity index (χ4n) is 5.84. The molecule has 6 nitrogen and oxygen atoms in total. The SMILES string of the molecule is CCc1cccc(CC)c1-n1nc2c(c1-c1cc(F)c(NC(N)=O)cc1F)CN(Cc1ccc(C(F)(F)F)cc1C(F)(F)F)CC2. The van der Waals surface area contributed by atoms with Crippen molar-refractivity contribution in [3.63, 3.8) is 0 Å². The molecule has 1 aliphatic rings. The van der Waals surface area contributed by atoms with Crippen LogP contribution in [0.25, 0.3) is 16.9 Å². The molecule has 0 fully saturated rings. The highest BCUT2D eigenvalue weighted by Gasteiger charge is 2.39. The van der Waals surface area contributed by atoms with Gasteiger partial charge < -0.3 is 11.1 Å². The Kier molecular flexibility index (Phi) is 8.86. The number of nitrogens with one attached hydrogen (secondary N) is 1. The van der Waals surface area contributed by atoms with Crippen molar-refractivity contribution in [3.8, 4) is 16.9 Å². The predicted octanol–water partition coefficient (Wildman–Crippen LogP) is 8.03. The highest BCUT2D eigenvalue weighted by molar-refractivity contribution is 5.88. The molecular formula is C32H29F8N5O. The second-order valence-corrected chi connectivity index (χ2v) is 10.9. The van der Waals surface area contributed by atoms with Crippen LogP contribution >= 0.6 is 0 Å².